The molecular weight excluding hydrogens is 320 g/mol. The molecule has 0 saturated carbocycles. The smallest absolute Gasteiger partial charge is 0.251 e. The van der Waals surface area contributed by atoms with Crippen LogP contribution in [0.2, 0.25) is 0 Å². The molecule has 0 aromatic heterocycles. The van der Waals surface area contributed by atoms with Crippen LogP contribution in [-0.4, -0.2) is 52.5 Å². The normalized spacial score (nSPS) is 11.1. The molecule has 0 unspecified atom stereocenters. The van der Waals surface area contributed by atoms with Crippen LogP contribution >= 0.6 is 0 Å². The summed E-state index contributed by atoms with van der Waals surface area (Å²) in [6.45, 7) is 2.52. The number of carbonyl (C=O) groups is 2. The fraction of sp³-hybridized carbons (Fsp3) is 0.467. The molecule has 23 heavy (non-hydrogen) atoms. The van der Waals surface area contributed by atoms with E-state index in [9.17, 15) is 18.0 Å². The number of amides is 2. The topological polar surface area (TPSA) is 102 Å². The maximum absolute atomic E-state index is 12.1. The van der Waals surface area contributed by atoms with Crippen molar-refractivity contribution in [3.8, 4) is 0 Å². The van der Waals surface area contributed by atoms with Gasteiger partial charge in [0, 0.05) is 37.6 Å². The Hall–Kier alpha value is -1.93. The molecule has 1 aromatic rings. The molecule has 0 atom stereocenters. The molecule has 0 aliphatic carbocycles. The molecule has 0 heterocycles. The van der Waals surface area contributed by atoms with E-state index >= 15 is 0 Å². The number of anilines is 1. The molecule has 0 aliphatic heterocycles. The Morgan fingerprint density at radius 1 is 1.26 bits per heavy atom. The highest BCUT2D eigenvalue weighted by Gasteiger charge is 2.14. The first-order valence-corrected chi connectivity index (χ1v) is 9.15. The minimum absolute atomic E-state index is 0.122. The SMILES string of the molecule is COCCNC(=O)c1cccc(NC(=O)CCS(C)(=O)=O)c1C. The van der Waals surface area contributed by atoms with Crippen molar-refractivity contribution in [2.75, 3.05) is 37.6 Å². The van der Waals surface area contributed by atoms with E-state index in [2.05, 4.69) is 10.6 Å². The fourth-order valence-electron chi connectivity index (χ4n) is 1.87. The molecule has 2 amide bonds. The van der Waals surface area contributed by atoms with E-state index in [-0.39, 0.29) is 18.1 Å². The number of ether oxygens (including phenoxy) is 1. The lowest BCUT2D eigenvalue weighted by atomic mass is 10.1. The molecule has 0 radical (unpaired) electrons. The van der Waals surface area contributed by atoms with Crippen LogP contribution in [0.15, 0.2) is 18.2 Å². The molecule has 2 N–H and O–H groups in total. The summed E-state index contributed by atoms with van der Waals surface area (Å²) in [5, 5.41) is 5.35. The number of rotatable bonds is 8. The number of hydrogen-bond donors (Lipinski definition) is 2. The van der Waals surface area contributed by atoms with Crippen molar-refractivity contribution in [2.24, 2.45) is 0 Å². The molecule has 7 nitrogen and oxygen atoms in total. The van der Waals surface area contributed by atoms with Gasteiger partial charge in [0.1, 0.15) is 9.84 Å². The predicted octanol–water partition coefficient (Wildman–Crippen LogP) is 0.744. The van der Waals surface area contributed by atoms with Crippen LogP contribution in [0.25, 0.3) is 0 Å². The Labute approximate surface area is 136 Å². The van der Waals surface area contributed by atoms with Crippen LogP contribution in [0.5, 0.6) is 0 Å². The van der Waals surface area contributed by atoms with E-state index in [0.29, 0.717) is 30.0 Å². The van der Waals surface area contributed by atoms with Gasteiger partial charge in [-0.05, 0) is 24.6 Å². The summed E-state index contributed by atoms with van der Waals surface area (Å²) in [4.78, 5) is 23.9. The number of hydrogen-bond acceptors (Lipinski definition) is 5. The number of carbonyl (C=O) groups excluding carboxylic acids is 2. The highest BCUT2D eigenvalue weighted by Crippen LogP contribution is 2.19. The van der Waals surface area contributed by atoms with Crippen molar-refractivity contribution < 1.29 is 22.7 Å². The lowest BCUT2D eigenvalue weighted by Crippen LogP contribution is -2.28. The minimum atomic E-state index is -3.19. The zero-order valence-electron chi connectivity index (χ0n) is 13.5. The van der Waals surface area contributed by atoms with E-state index in [1.165, 1.54) is 0 Å². The molecule has 1 rings (SSSR count). The Morgan fingerprint density at radius 2 is 1.96 bits per heavy atom. The molecular formula is C15H22N2O5S. The summed E-state index contributed by atoms with van der Waals surface area (Å²) in [6.07, 6.45) is 0.957. The second-order valence-electron chi connectivity index (χ2n) is 5.15. The summed E-state index contributed by atoms with van der Waals surface area (Å²) in [6, 6.07) is 4.98. The first-order chi connectivity index (χ1) is 10.7. The standard InChI is InChI=1S/C15H22N2O5S/c1-11-12(15(19)16-8-9-22-2)5-4-6-13(11)17-14(18)7-10-23(3,20)21/h4-6H,7-10H2,1-3H3,(H,16,19)(H,17,18). The summed E-state index contributed by atoms with van der Waals surface area (Å²) < 4.78 is 27.0. The summed E-state index contributed by atoms with van der Waals surface area (Å²) in [5.41, 5.74) is 1.56. The average molecular weight is 342 g/mol. The van der Waals surface area contributed by atoms with Gasteiger partial charge >= 0.3 is 0 Å². The van der Waals surface area contributed by atoms with Gasteiger partial charge in [-0.3, -0.25) is 9.59 Å². The zero-order valence-corrected chi connectivity index (χ0v) is 14.3. The van der Waals surface area contributed by atoms with Gasteiger partial charge in [0.25, 0.3) is 5.91 Å². The number of methoxy groups -OCH3 is 1. The van der Waals surface area contributed by atoms with Crippen LogP contribution in [0, 0.1) is 6.92 Å². The van der Waals surface area contributed by atoms with Crippen molar-refractivity contribution in [1.29, 1.82) is 0 Å². The maximum Gasteiger partial charge on any atom is 0.251 e. The largest absolute Gasteiger partial charge is 0.383 e. The Kier molecular flexibility index (Phi) is 7.18. The quantitative estimate of drug-likeness (QED) is 0.679. The molecule has 0 fully saturated rings. The highest BCUT2D eigenvalue weighted by atomic mass is 32.2. The second-order valence-corrected chi connectivity index (χ2v) is 7.41. The van der Waals surface area contributed by atoms with Crippen molar-refractivity contribution in [1.82, 2.24) is 5.32 Å². The molecule has 128 valence electrons. The number of benzene rings is 1. The van der Waals surface area contributed by atoms with E-state index < -0.39 is 15.7 Å². The highest BCUT2D eigenvalue weighted by molar-refractivity contribution is 7.90. The number of sulfone groups is 1. The molecule has 1 aromatic carbocycles. The fourth-order valence-corrected chi connectivity index (χ4v) is 2.43. The minimum Gasteiger partial charge on any atom is -0.383 e. The third-order valence-corrected chi connectivity index (χ3v) is 4.09. The summed E-state index contributed by atoms with van der Waals surface area (Å²) in [7, 11) is -1.65. The summed E-state index contributed by atoms with van der Waals surface area (Å²) >= 11 is 0. The van der Waals surface area contributed by atoms with Crippen LogP contribution < -0.4 is 10.6 Å². The third-order valence-electron chi connectivity index (χ3n) is 3.14. The van der Waals surface area contributed by atoms with Crippen LogP contribution in [0.4, 0.5) is 5.69 Å². The van der Waals surface area contributed by atoms with Crippen LogP contribution in [0.3, 0.4) is 0 Å². The summed E-state index contributed by atoms with van der Waals surface area (Å²) in [5.74, 6) is -0.878. The second kappa shape index (κ2) is 8.64. The maximum atomic E-state index is 12.1. The zero-order chi connectivity index (χ0) is 17.5. The first kappa shape index (κ1) is 19.1. The lowest BCUT2D eigenvalue weighted by Gasteiger charge is -2.12. The van der Waals surface area contributed by atoms with Crippen molar-refractivity contribution >= 4 is 27.3 Å². The third kappa shape index (κ3) is 6.79. The predicted molar refractivity (Wildman–Crippen MR) is 88.3 cm³/mol. The van der Waals surface area contributed by atoms with Crippen molar-refractivity contribution in [2.45, 2.75) is 13.3 Å². The number of nitrogens with one attached hydrogen (secondary N) is 2. The van der Waals surface area contributed by atoms with Gasteiger partial charge in [0.2, 0.25) is 5.91 Å². The molecule has 0 bridgehead atoms. The van der Waals surface area contributed by atoms with E-state index in [1.54, 1.807) is 32.2 Å². The van der Waals surface area contributed by atoms with Gasteiger partial charge in [-0.1, -0.05) is 6.07 Å². The van der Waals surface area contributed by atoms with Crippen molar-refractivity contribution in [3.05, 3.63) is 29.3 Å². The molecule has 0 saturated heterocycles. The van der Waals surface area contributed by atoms with Gasteiger partial charge in [0.05, 0.1) is 12.4 Å². The van der Waals surface area contributed by atoms with Crippen molar-refractivity contribution in [3.63, 3.8) is 0 Å². The van der Waals surface area contributed by atoms with Crippen LogP contribution in [-0.2, 0) is 19.4 Å². The van der Waals surface area contributed by atoms with Gasteiger partial charge in [-0.25, -0.2) is 8.42 Å². The lowest BCUT2D eigenvalue weighted by molar-refractivity contribution is -0.115. The average Bonchev–Trinajstić information content (AvgIpc) is 2.47. The van der Waals surface area contributed by atoms with Crippen LogP contribution in [0.1, 0.15) is 22.3 Å². The Bertz CT molecular complexity index is 670. The van der Waals surface area contributed by atoms with E-state index in [0.717, 1.165) is 6.26 Å². The van der Waals surface area contributed by atoms with E-state index in [4.69, 9.17) is 4.74 Å². The molecule has 0 spiro atoms. The Morgan fingerprint density at radius 3 is 2.57 bits per heavy atom. The molecule has 8 heteroatoms. The van der Waals surface area contributed by atoms with E-state index in [1.807, 2.05) is 0 Å². The Balaban J connectivity index is 2.76. The van der Waals surface area contributed by atoms with Gasteiger partial charge in [0.15, 0.2) is 0 Å². The monoisotopic (exact) mass is 342 g/mol. The van der Waals surface area contributed by atoms with Gasteiger partial charge in [-0.2, -0.15) is 0 Å². The van der Waals surface area contributed by atoms with Gasteiger partial charge < -0.3 is 15.4 Å². The molecule has 0 aliphatic rings. The first-order valence-electron chi connectivity index (χ1n) is 7.09. The van der Waals surface area contributed by atoms with Gasteiger partial charge in [-0.15, -0.1) is 0 Å².